The van der Waals surface area contributed by atoms with Gasteiger partial charge in [0.05, 0.1) is 12.4 Å². The van der Waals surface area contributed by atoms with E-state index in [1.165, 1.54) is 17.4 Å². The quantitative estimate of drug-likeness (QED) is 0.203. The summed E-state index contributed by atoms with van der Waals surface area (Å²) >= 11 is 0. The van der Waals surface area contributed by atoms with Gasteiger partial charge in [-0.3, -0.25) is 19.2 Å². The molecule has 0 bridgehead atoms. The molecule has 5 unspecified atom stereocenters. The van der Waals surface area contributed by atoms with Crippen LogP contribution in [0.5, 0.6) is 0 Å². The van der Waals surface area contributed by atoms with E-state index in [2.05, 4.69) is 20.6 Å². The second-order valence-electron chi connectivity index (χ2n) is 8.78. The monoisotopic (exact) mass is 494 g/mol. The first-order chi connectivity index (χ1) is 16.5. The molecule has 13 nitrogen and oxygen atoms in total. The Balaban J connectivity index is 2.11. The molecule has 1 aliphatic heterocycles. The molecule has 1 aromatic rings. The summed E-state index contributed by atoms with van der Waals surface area (Å²) in [6.45, 7) is 3.91. The Kier molecular flexibility index (Phi) is 10.2. The topological polar surface area (TPSA) is 208 Å². The maximum absolute atomic E-state index is 13.4. The lowest BCUT2D eigenvalue weighted by atomic mass is 9.96. The normalized spacial score (nSPS) is 18.8. The zero-order chi connectivity index (χ0) is 26.1. The number of carboxylic acids is 2. The molecule has 0 saturated carbocycles. The van der Waals surface area contributed by atoms with Crippen LogP contribution >= 0.6 is 0 Å². The summed E-state index contributed by atoms with van der Waals surface area (Å²) in [5, 5.41) is 23.5. The van der Waals surface area contributed by atoms with Crippen molar-refractivity contribution in [2.45, 2.75) is 76.5 Å². The van der Waals surface area contributed by atoms with Gasteiger partial charge in [-0.15, -0.1) is 0 Å². The van der Waals surface area contributed by atoms with Gasteiger partial charge in [-0.2, -0.15) is 0 Å². The maximum Gasteiger partial charge on any atom is 0.326 e. The maximum atomic E-state index is 13.4. The van der Waals surface area contributed by atoms with Crippen LogP contribution in [0.2, 0.25) is 0 Å². The summed E-state index contributed by atoms with van der Waals surface area (Å²) in [4.78, 5) is 69.4. The van der Waals surface area contributed by atoms with Crippen LogP contribution in [0.25, 0.3) is 0 Å². The first kappa shape index (κ1) is 27.8. The number of nitrogens with zero attached hydrogens (tertiary/aromatic N) is 2. The van der Waals surface area contributed by atoms with Crippen molar-refractivity contribution in [3.05, 3.63) is 18.2 Å². The van der Waals surface area contributed by atoms with Gasteiger partial charge in [-0.25, -0.2) is 9.78 Å². The molecule has 35 heavy (non-hydrogen) atoms. The summed E-state index contributed by atoms with van der Waals surface area (Å²) in [7, 11) is 0. The number of aromatic nitrogens is 2. The number of nitrogens with two attached hydrogens (primary N) is 1. The third-order valence-corrected chi connectivity index (χ3v) is 6.21. The predicted octanol–water partition coefficient (Wildman–Crippen LogP) is -0.764. The van der Waals surface area contributed by atoms with Crippen LogP contribution in [0.1, 0.15) is 51.6 Å². The summed E-state index contributed by atoms with van der Waals surface area (Å²) < 4.78 is 0. The van der Waals surface area contributed by atoms with E-state index >= 15 is 0 Å². The van der Waals surface area contributed by atoms with Gasteiger partial charge in [-0.1, -0.05) is 20.3 Å². The van der Waals surface area contributed by atoms with E-state index < -0.39 is 53.8 Å². The fourth-order valence-corrected chi connectivity index (χ4v) is 3.92. The third-order valence-electron chi connectivity index (χ3n) is 6.21. The van der Waals surface area contributed by atoms with Crippen molar-refractivity contribution in [2.75, 3.05) is 6.54 Å². The molecule has 0 radical (unpaired) electrons. The average molecular weight is 495 g/mol. The first-order valence-electron chi connectivity index (χ1n) is 11.6. The first-order valence-corrected chi connectivity index (χ1v) is 11.6. The van der Waals surface area contributed by atoms with Crippen molar-refractivity contribution in [3.63, 3.8) is 0 Å². The lowest BCUT2D eigenvalue weighted by Crippen LogP contribution is -2.58. The number of hydrogen-bond donors (Lipinski definition) is 6. The van der Waals surface area contributed by atoms with Crippen LogP contribution in [0.4, 0.5) is 0 Å². The number of aliphatic carboxylic acids is 2. The molecule has 3 amide bonds. The zero-order valence-corrected chi connectivity index (χ0v) is 19.9. The van der Waals surface area contributed by atoms with Crippen LogP contribution in [-0.2, 0) is 30.4 Å². The zero-order valence-electron chi connectivity index (χ0n) is 19.9. The fraction of sp³-hybridized carbons (Fsp3) is 0.636. The molecule has 0 spiro atoms. The highest BCUT2D eigenvalue weighted by atomic mass is 16.4. The Morgan fingerprint density at radius 1 is 1.26 bits per heavy atom. The van der Waals surface area contributed by atoms with Crippen LogP contribution in [-0.4, -0.2) is 85.5 Å². The van der Waals surface area contributed by atoms with E-state index in [-0.39, 0.29) is 31.7 Å². The van der Waals surface area contributed by atoms with Gasteiger partial charge in [0.2, 0.25) is 17.7 Å². The van der Waals surface area contributed by atoms with Gasteiger partial charge in [0, 0.05) is 31.3 Å². The number of nitrogens with one attached hydrogen (secondary N) is 3. The molecule has 194 valence electrons. The van der Waals surface area contributed by atoms with Crippen LogP contribution in [0.15, 0.2) is 12.5 Å². The van der Waals surface area contributed by atoms with Gasteiger partial charge < -0.3 is 36.5 Å². The number of carboxylic acid groups (broad SMARTS) is 2. The fourth-order valence-electron chi connectivity index (χ4n) is 3.92. The van der Waals surface area contributed by atoms with E-state index in [1.807, 2.05) is 6.92 Å². The second kappa shape index (κ2) is 12.8. The lowest BCUT2D eigenvalue weighted by Gasteiger charge is -2.32. The number of aromatic amines is 1. The number of rotatable bonds is 13. The Morgan fingerprint density at radius 3 is 2.54 bits per heavy atom. The molecule has 13 heteroatoms. The van der Waals surface area contributed by atoms with E-state index in [0.29, 0.717) is 25.0 Å². The van der Waals surface area contributed by atoms with Gasteiger partial charge in [0.15, 0.2) is 0 Å². The summed E-state index contributed by atoms with van der Waals surface area (Å²) in [6.07, 6.45) is 3.96. The molecule has 2 rings (SSSR count). The van der Waals surface area contributed by atoms with Crippen molar-refractivity contribution in [3.8, 4) is 0 Å². The van der Waals surface area contributed by atoms with E-state index in [4.69, 9.17) is 10.8 Å². The van der Waals surface area contributed by atoms with Gasteiger partial charge in [0.25, 0.3) is 0 Å². The number of carbonyl (C=O) groups is 5. The highest BCUT2D eigenvalue weighted by Crippen LogP contribution is 2.22. The standard InChI is InChI=1S/C22H34N6O7/c1-3-12(2)18(27-19(31)14(23)6-7-17(29)30)21(33)28-8-4-5-16(28)20(32)26-15(22(34)35)9-13-10-24-11-25-13/h10-12,14-16,18H,3-9,23H2,1-2H3,(H,24,25)(H,26,32)(H,27,31)(H,29,30)(H,34,35). The third kappa shape index (κ3) is 7.77. The minimum Gasteiger partial charge on any atom is -0.481 e. The Labute approximate surface area is 202 Å². The molecule has 2 heterocycles. The molecule has 1 aliphatic rings. The van der Waals surface area contributed by atoms with Crippen molar-refractivity contribution in [2.24, 2.45) is 11.7 Å². The van der Waals surface area contributed by atoms with Crippen molar-refractivity contribution >= 4 is 29.7 Å². The van der Waals surface area contributed by atoms with Crippen LogP contribution in [0.3, 0.4) is 0 Å². The number of imidazole rings is 1. The number of amides is 3. The molecule has 0 aliphatic carbocycles. The molecular weight excluding hydrogens is 460 g/mol. The summed E-state index contributed by atoms with van der Waals surface area (Å²) in [6, 6.07) is -4.15. The largest absolute Gasteiger partial charge is 0.481 e. The highest BCUT2D eigenvalue weighted by molar-refractivity contribution is 5.94. The van der Waals surface area contributed by atoms with E-state index in [9.17, 15) is 29.1 Å². The minimum absolute atomic E-state index is 0.00151. The van der Waals surface area contributed by atoms with Gasteiger partial charge >= 0.3 is 11.9 Å². The molecule has 1 aromatic heterocycles. The van der Waals surface area contributed by atoms with Crippen LogP contribution in [0, 0.1) is 5.92 Å². The molecule has 7 N–H and O–H groups in total. The Morgan fingerprint density at radius 2 is 1.97 bits per heavy atom. The van der Waals surface area contributed by atoms with Crippen LogP contribution < -0.4 is 16.4 Å². The number of carbonyl (C=O) groups excluding carboxylic acids is 3. The number of likely N-dealkylation sites (tertiary alicyclic amines) is 1. The summed E-state index contributed by atoms with van der Waals surface area (Å²) in [5.41, 5.74) is 6.33. The molecule has 1 fully saturated rings. The van der Waals surface area contributed by atoms with E-state index in [0.717, 1.165) is 0 Å². The average Bonchev–Trinajstić information content (AvgIpc) is 3.51. The minimum atomic E-state index is -1.22. The number of H-pyrrole nitrogens is 1. The second-order valence-corrected chi connectivity index (χ2v) is 8.78. The molecule has 1 saturated heterocycles. The predicted molar refractivity (Wildman–Crippen MR) is 123 cm³/mol. The molecule has 5 atom stereocenters. The number of hydrogen-bond acceptors (Lipinski definition) is 7. The van der Waals surface area contributed by atoms with Gasteiger partial charge in [0.1, 0.15) is 18.1 Å². The SMILES string of the molecule is CCC(C)C(NC(=O)C(N)CCC(=O)O)C(=O)N1CCCC1C(=O)NC(Cc1cnc[nH]1)C(=O)O. The van der Waals surface area contributed by atoms with Crippen molar-refractivity contribution < 1.29 is 34.2 Å². The van der Waals surface area contributed by atoms with E-state index in [1.54, 1.807) is 6.92 Å². The molecule has 0 aromatic carbocycles. The Bertz CT molecular complexity index is 906. The van der Waals surface area contributed by atoms with Gasteiger partial charge in [-0.05, 0) is 25.2 Å². The Hall–Kier alpha value is -3.48. The highest BCUT2D eigenvalue weighted by Gasteiger charge is 2.40. The lowest BCUT2D eigenvalue weighted by molar-refractivity contribution is -0.145. The van der Waals surface area contributed by atoms with Crippen molar-refractivity contribution in [1.29, 1.82) is 0 Å². The van der Waals surface area contributed by atoms with Crippen molar-refractivity contribution in [1.82, 2.24) is 25.5 Å². The smallest absolute Gasteiger partial charge is 0.326 e. The molecular formula is C22H34N6O7. The summed E-state index contributed by atoms with van der Waals surface area (Å²) in [5.74, 6) is -4.28.